The number of nitrogens with one attached hydrogen (secondary N) is 1. The van der Waals surface area contributed by atoms with Gasteiger partial charge in [-0.05, 0) is 30.7 Å². The van der Waals surface area contributed by atoms with E-state index in [1.807, 2.05) is 25.1 Å². The van der Waals surface area contributed by atoms with Crippen LogP contribution in [0.2, 0.25) is 10.0 Å². The number of hydrogen-bond acceptors (Lipinski definition) is 3. The van der Waals surface area contributed by atoms with E-state index in [-0.39, 0.29) is 25.0 Å². The van der Waals surface area contributed by atoms with E-state index < -0.39 is 6.04 Å². The zero-order valence-electron chi connectivity index (χ0n) is 15.2. The smallest absolute Gasteiger partial charge is 0.261 e. The Morgan fingerprint density at radius 2 is 1.70 bits per heavy atom. The molecular weight excluding hydrogens is 387 g/mol. The van der Waals surface area contributed by atoms with Crippen LogP contribution < -0.4 is 10.1 Å². The first-order chi connectivity index (χ1) is 13.0. The van der Waals surface area contributed by atoms with Crippen LogP contribution in [0.25, 0.3) is 0 Å². The molecule has 2 amide bonds. The van der Waals surface area contributed by atoms with E-state index in [1.165, 1.54) is 11.9 Å². The van der Waals surface area contributed by atoms with Crippen LogP contribution in [0.1, 0.15) is 18.9 Å². The lowest BCUT2D eigenvalue weighted by atomic mass is 10.1. The van der Waals surface area contributed by atoms with Gasteiger partial charge in [-0.3, -0.25) is 9.59 Å². The number of carbonyl (C=O) groups excluding carboxylic acids is 2. The minimum atomic E-state index is -0.658. The van der Waals surface area contributed by atoms with Gasteiger partial charge in [-0.2, -0.15) is 0 Å². The zero-order chi connectivity index (χ0) is 19.8. The van der Waals surface area contributed by atoms with E-state index in [0.717, 1.165) is 0 Å². The molecule has 2 aromatic carbocycles. The summed E-state index contributed by atoms with van der Waals surface area (Å²) in [5.41, 5.74) is 0.594. The van der Waals surface area contributed by atoms with E-state index >= 15 is 0 Å². The minimum absolute atomic E-state index is 0.113. The van der Waals surface area contributed by atoms with Gasteiger partial charge in [-0.25, -0.2) is 0 Å². The molecule has 27 heavy (non-hydrogen) atoms. The third-order valence-electron chi connectivity index (χ3n) is 4.13. The summed E-state index contributed by atoms with van der Waals surface area (Å²) < 4.78 is 5.57. The number of hydrogen-bond donors (Lipinski definition) is 1. The zero-order valence-corrected chi connectivity index (χ0v) is 16.8. The summed E-state index contributed by atoms with van der Waals surface area (Å²) in [5.74, 6) is -0.00593. The van der Waals surface area contributed by atoms with Crippen LogP contribution in [0.5, 0.6) is 5.75 Å². The highest BCUT2D eigenvalue weighted by Gasteiger charge is 2.29. The second-order valence-corrected chi connectivity index (χ2v) is 6.68. The van der Waals surface area contributed by atoms with Gasteiger partial charge in [0.1, 0.15) is 11.8 Å². The van der Waals surface area contributed by atoms with Crippen LogP contribution in [0, 0.1) is 0 Å². The first kappa shape index (κ1) is 21.1. The lowest BCUT2D eigenvalue weighted by Gasteiger charge is -2.30. The highest BCUT2D eigenvalue weighted by molar-refractivity contribution is 6.36. The maximum Gasteiger partial charge on any atom is 0.261 e. The van der Waals surface area contributed by atoms with Crippen molar-refractivity contribution in [3.05, 3.63) is 64.1 Å². The molecule has 0 radical (unpaired) electrons. The van der Waals surface area contributed by atoms with Crippen molar-refractivity contribution in [3.8, 4) is 5.75 Å². The Labute approximate surface area is 169 Å². The van der Waals surface area contributed by atoms with E-state index in [4.69, 9.17) is 27.9 Å². The van der Waals surface area contributed by atoms with Crippen molar-refractivity contribution >= 4 is 35.0 Å². The van der Waals surface area contributed by atoms with E-state index in [9.17, 15) is 9.59 Å². The molecule has 0 fully saturated rings. The number of nitrogens with zero attached hydrogens (tertiary/aromatic N) is 1. The summed E-state index contributed by atoms with van der Waals surface area (Å²) >= 11 is 12.5. The number of ether oxygens (including phenoxy) is 1. The molecule has 5 nitrogen and oxygen atoms in total. The Morgan fingerprint density at radius 3 is 2.26 bits per heavy atom. The summed E-state index contributed by atoms with van der Waals surface area (Å²) in [6.45, 7) is 1.76. The number of benzene rings is 2. The first-order valence-electron chi connectivity index (χ1n) is 8.59. The summed E-state index contributed by atoms with van der Waals surface area (Å²) in [7, 11) is 1.54. The fraction of sp³-hybridized carbons (Fsp3) is 0.300. The maximum atomic E-state index is 12.9. The molecular formula is C20H22Cl2N2O3. The van der Waals surface area contributed by atoms with Crippen LogP contribution in [0.4, 0.5) is 0 Å². The van der Waals surface area contributed by atoms with Gasteiger partial charge in [-0.1, -0.05) is 54.4 Å². The Balaban J connectivity index is 2.25. The van der Waals surface area contributed by atoms with Crippen molar-refractivity contribution in [2.75, 3.05) is 13.7 Å². The van der Waals surface area contributed by atoms with Gasteiger partial charge >= 0.3 is 0 Å². The predicted molar refractivity (Wildman–Crippen MR) is 107 cm³/mol. The van der Waals surface area contributed by atoms with Crippen molar-refractivity contribution in [2.24, 2.45) is 0 Å². The van der Waals surface area contributed by atoms with Crippen molar-refractivity contribution in [1.29, 1.82) is 0 Å². The Bertz CT molecular complexity index is 764. The SMILES string of the molecule is CCC(C(=O)NC)N(Cc1c(Cl)cccc1Cl)C(=O)COc1ccccc1. The molecule has 0 saturated carbocycles. The second kappa shape index (κ2) is 10.2. The van der Waals surface area contributed by atoms with Crippen LogP contribution in [-0.2, 0) is 16.1 Å². The Morgan fingerprint density at radius 1 is 1.07 bits per heavy atom. The molecule has 0 spiro atoms. The summed E-state index contributed by atoms with van der Waals surface area (Å²) in [6.07, 6.45) is 0.443. The number of halogens is 2. The molecule has 144 valence electrons. The van der Waals surface area contributed by atoms with Crippen molar-refractivity contribution in [1.82, 2.24) is 10.2 Å². The van der Waals surface area contributed by atoms with Crippen molar-refractivity contribution in [3.63, 3.8) is 0 Å². The van der Waals surface area contributed by atoms with Gasteiger partial charge in [0.05, 0.1) is 0 Å². The number of amides is 2. The van der Waals surface area contributed by atoms with E-state index in [0.29, 0.717) is 27.8 Å². The Kier molecular flexibility index (Phi) is 7.95. The molecule has 1 atom stereocenters. The van der Waals surface area contributed by atoms with Gasteiger partial charge < -0.3 is 15.0 Å². The number of para-hydroxylation sites is 1. The van der Waals surface area contributed by atoms with Crippen LogP contribution >= 0.6 is 23.2 Å². The molecule has 0 aliphatic rings. The molecule has 2 aromatic rings. The lowest BCUT2D eigenvalue weighted by Crippen LogP contribution is -2.49. The van der Waals surface area contributed by atoms with Gasteiger partial charge in [0.2, 0.25) is 5.91 Å². The fourth-order valence-electron chi connectivity index (χ4n) is 2.68. The topological polar surface area (TPSA) is 58.6 Å². The van der Waals surface area contributed by atoms with Crippen molar-refractivity contribution in [2.45, 2.75) is 25.9 Å². The molecule has 0 aromatic heterocycles. The fourth-order valence-corrected chi connectivity index (χ4v) is 3.20. The van der Waals surface area contributed by atoms with Gasteiger partial charge in [0, 0.05) is 29.2 Å². The molecule has 0 bridgehead atoms. The molecule has 0 aliphatic heterocycles. The molecule has 0 heterocycles. The third kappa shape index (κ3) is 5.62. The van der Waals surface area contributed by atoms with E-state index in [2.05, 4.69) is 5.32 Å². The summed E-state index contributed by atoms with van der Waals surface area (Å²) in [6, 6.07) is 13.5. The third-order valence-corrected chi connectivity index (χ3v) is 4.84. The molecule has 2 rings (SSSR count). The average molecular weight is 409 g/mol. The van der Waals surface area contributed by atoms with Crippen LogP contribution in [-0.4, -0.2) is 36.4 Å². The number of carbonyl (C=O) groups is 2. The van der Waals surface area contributed by atoms with E-state index in [1.54, 1.807) is 30.3 Å². The predicted octanol–water partition coefficient (Wildman–Crippen LogP) is 3.93. The lowest BCUT2D eigenvalue weighted by molar-refractivity contribution is -0.142. The van der Waals surface area contributed by atoms with Crippen LogP contribution in [0.3, 0.4) is 0 Å². The molecule has 0 saturated heterocycles. The standard InChI is InChI=1S/C20H22Cl2N2O3/c1-3-18(20(26)23-2)24(12-15-16(21)10-7-11-17(15)22)19(25)13-27-14-8-5-4-6-9-14/h4-11,18H,3,12-13H2,1-2H3,(H,23,26). The van der Waals surface area contributed by atoms with Gasteiger partial charge in [-0.15, -0.1) is 0 Å². The van der Waals surface area contributed by atoms with Gasteiger partial charge in [0.15, 0.2) is 6.61 Å². The Hall–Kier alpha value is -2.24. The largest absolute Gasteiger partial charge is 0.484 e. The summed E-state index contributed by atoms with van der Waals surface area (Å²) in [4.78, 5) is 26.7. The molecule has 0 aliphatic carbocycles. The first-order valence-corrected chi connectivity index (χ1v) is 9.35. The molecule has 1 N–H and O–H groups in total. The van der Waals surface area contributed by atoms with Crippen LogP contribution in [0.15, 0.2) is 48.5 Å². The molecule has 7 heteroatoms. The highest BCUT2D eigenvalue weighted by Crippen LogP contribution is 2.27. The normalized spacial score (nSPS) is 11.6. The average Bonchev–Trinajstić information content (AvgIpc) is 2.68. The highest BCUT2D eigenvalue weighted by atomic mass is 35.5. The maximum absolute atomic E-state index is 12.9. The summed E-state index contributed by atoms with van der Waals surface area (Å²) in [5, 5.41) is 3.48. The quantitative estimate of drug-likeness (QED) is 0.719. The second-order valence-electron chi connectivity index (χ2n) is 5.86. The monoisotopic (exact) mass is 408 g/mol. The number of likely N-dealkylation sites (N-methyl/N-ethyl adjacent to an activating group) is 1. The minimum Gasteiger partial charge on any atom is -0.484 e. The van der Waals surface area contributed by atoms with Gasteiger partial charge in [0.25, 0.3) is 5.91 Å². The van der Waals surface area contributed by atoms with Crippen molar-refractivity contribution < 1.29 is 14.3 Å². The number of rotatable bonds is 8. The molecule has 1 unspecified atom stereocenters.